The summed E-state index contributed by atoms with van der Waals surface area (Å²) in [4.78, 5) is 11.4. The quantitative estimate of drug-likeness (QED) is 0.515. The zero-order valence-corrected chi connectivity index (χ0v) is 10.1. The molecule has 1 aromatic heterocycles. The van der Waals surface area contributed by atoms with Crippen LogP contribution in [-0.4, -0.2) is 15.1 Å². The van der Waals surface area contributed by atoms with E-state index in [2.05, 4.69) is 5.90 Å². The molecule has 1 heterocycles. The smallest absolute Gasteiger partial charge is 0.283 e. The van der Waals surface area contributed by atoms with E-state index in [9.17, 15) is 10.0 Å². The third-order valence-corrected chi connectivity index (χ3v) is 3.20. The Bertz CT molecular complexity index is 409. The lowest BCUT2D eigenvalue weighted by molar-refractivity contribution is 0.156. The van der Waals surface area contributed by atoms with Crippen LogP contribution in [0.4, 0.5) is 0 Å². The van der Waals surface area contributed by atoms with Crippen LogP contribution in [0, 0.1) is 6.92 Å². The Morgan fingerprint density at radius 2 is 1.82 bits per heavy atom. The molecule has 0 radical (unpaired) electrons. The molecule has 1 fully saturated rings. The zero-order chi connectivity index (χ0) is 12.8. The number of nitrogens with two attached hydrogens (primary N) is 1. The van der Waals surface area contributed by atoms with Crippen molar-refractivity contribution in [3.63, 3.8) is 0 Å². The van der Waals surface area contributed by atoms with Crippen molar-refractivity contribution >= 4 is 0 Å². The molecule has 1 aromatic rings. The topological polar surface area (TPSA) is 88.5 Å². The molecule has 0 amide bonds. The Balaban J connectivity index is 0.000000686. The van der Waals surface area contributed by atoms with Crippen molar-refractivity contribution in [1.29, 1.82) is 0 Å². The lowest BCUT2D eigenvalue weighted by atomic mass is 9.86. The third-order valence-electron chi connectivity index (χ3n) is 3.20. The monoisotopic (exact) mass is 240 g/mol. The Hall–Kier alpha value is -1.33. The molecule has 96 valence electrons. The minimum Gasteiger partial charge on any atom is -0.425 e. The van der Waals surface area contributed by atoms with Gasteiger partial charge in [0.05, 0.1) is 5.69 Å². The molecule has 0 saturated heterocycles. The maximum Gasteiger partial charge on any atom is 0.283 e. The molecule has 17 heavy (non-hydrogen) atoms. The summed E-state index contributed by atoms with van der Waals surface area (Å²) in [5, 5.41) is 16.2. The van der Waals surface area contributed by atoms with Gasteiger partial charge in [-0.2, -0.15) is 4.73 Å². The van der Waals surface area contributed by atoms with E-state index in [0.29, 0.717) is 5.92 Å². The second-order valence-corrected chi connectivity index (χ2v) is 4.44. The summed E-state index contributed by atoms with van der Waals surface area (Å²) in [6.45, 7) is 1.90. The first-order chi connectivity index (χ1) is 8.18. The number of pyridine rings is 1. The molecule has 5 nitrogen and oxygen atoms in total. The molecule has 1 saturated carbocycles. The fraction of sp³-hybridized carbons (Fsp3) is 0.583. The SMILES string of the molecule is Cc1cc(C2CCCCC2)n(O)c(=O)c1.NO. The van der Waals surface area contributed by atoms with Crippen molar-refractivity contribution in [3.8, 4) is 0 Å². The van der Waals surface area contributed by atoms with Gasteiger partial charge >= 0.3 is 0 Å². The van der Waals surface area contributed by atoms with Crippen molar-refractivity contribution in [1.82, 2.24) is 4.73 Å². The molecule has 2 rings (SSSR count). The Morgan fingerprint density at radius 3 is 2.41 bits per heavy atom. The number of nitrogens with zero attached hydrogens (tertiary/aromatic N) is 1. The van der Waals surface area contributed by atoms with Crippen molar-refractivity contribution < 1.29 is 10.4 Å². The average Bonchev–Trinajstić information content (AvgIpc) is 2.37. The van der Waals surface area contributed by atoms with Gasteiger partial charge in [0.1, 0.15) is 0 Å². The maximum atomic E-state index is 11.4. The van der Waals surface area contributed by atoms with Gasteiger partial charge in [0.2, 0.25) is 0 Å². The van der Waals surface area contributed by atoms with Crippen LogP contribution < -0.4 is 11.5 Å². The first-order valence-corrected chi connectivity index (χ1v) is 5.87. The first kappa shape index (κ1) is 13.7. The molecular formula is C12H20N2O3. The Kier molecular flexibility index (Phi) is 5.18. The second kappa shape index (κ2) is 6.42. The van der Waals surface area contributed by atoms with Crippen LogP contribution in [0.2, 0.25) is 0 Å². The lowest BCUT2D eigenvalue weighted by Gasteiger charge is -2.22. The van der Waals surface area contributed by atoms with Crippen LogP contribution in [-0.2, 0) is 0 Å². The largest absolute Gasteiger partial charge is 0.425 e. The minimum atomic E-state index is -0.310. The second-order valence-electron chi connectivity index (χ2n) is 4.44. The van der Waals surface area contributed by atoms with Crippen LogP contribution in [0.1, 0.15) is 49.3 Å². The third kappa shape index (κ3) is 3.31. The summed E-state index contributed by atoms with van der Waals surface area (Å²) < 4.78 is 0.822. The van der Waals surface area contributed by atoms with Crippen LogP contribution in [0.15, 0.2) is 16.9 Å². The molecule has 5 heteroatoms. The predicted molar refractivity (Wildman–Crippen MR) is 64.4 cm³/mol. The van der Waals surface area contributed by atoms with E-state index in [-0.39, 0.29) is 5.56 Å². The zero-order valence-electron chi connectivity index (χ0n) is 10.1. The molecule has 0 bridgehead atoms. The standard InChI is InChI=1S/C12H17NO2.H3NO/c1-9-7-11(13(15)12(14)8-9)10-5-3-2-4-6-10;1-2/h7-8,10,15H,2-6H2,1H3;2H,1H2. The van der Waals surface area contributed by atoms with Crippen LogP contribution in [0.3, 0.4) is 0 Å². The van der Waals surface area contributed by atoms with Gasteiger partial charge in [-0.05, 0) is 31.4 Å². The van der Waals surface area contributed by atoms with E-state index in [4.69, 9.17) is 5.21 Å². The first-order valence-electron chi connectivity index (χ1n) is 5.87. The van der Waals surface area contributed by atoms with Crippen molar-refractivity contribution in [3.05, 3.63) is 33.7 Å². The van der Waals surface area contributed by atoms with E-state index < -0.39 is 0 Å². The highest BCUT2D eigenvalue weighted by Gasteiger charge is 2.19. The number of hydrogen-bond acceptors (Lipinski definition) is 4. The van der Waals surface area contributed by atoms with Gasteiger partial charge in [0.25, 0.3) is 5.56 Å². The molecule has 0 unspecified atom stereocenters. The number of aryl methyl sites for hydroxylation is 1. The molecule has 0 aromatic carbocycles. The van der Waals surface area contributed by atoms with Gasteiger partial charge in [-0.1, -0.05) is 19.3 Å². The normalized spacial score (nSPS) is 16.2. The van der Waals surface area contributed by atoms with Crippen LogP contribution in [0.25, 0.3) is 0 Å². The fourth-order valence-corrected chi connectivity index (χ4v) is 2.41. The van der Waals surface area contributed by atoms with Crippen LogP contribution in [0.5, 0.6) is 0 Å². The Labute approximate surface area is 100 Å². The van der Waals surface area contributed by atoms with Gasteiger partial charge in [-0.25, -0.2) is 5.90 Å². The van der Waals surface area contributed by atoms with E-state index in [0.717, 1.165) is 28.8 Å². The number of hydrogen-bond donors (Lipinski definition) is 3. The molecule has 0 spiro atoms. The highest BCUT2D eigenvalue weighted by Crippen LogP contribution is 2.31. The van der Waals surface area contributed by atoms with Crippen LogP contribution >= 0.6 is 0 Å². The van der Waals surface area contributed by atoms with E-state index in [1.54, 1.807) is 0 Å². The van der Waals surface area contributed by atoms with Gasteiger partial charge in [0.15, 0.2) is 0 Å². The average molecular weight is 240 g/mol. The van der Waals surface area contributed by atoms with Crippen molar-refractivity contribution in [2.45, 2.75) is 44.9 Å². The highest BCUT2D eigenvalue weighted by molar-refractivity contribution is 5.19. The molecule has 0 atom stereocenters. The molecule has 0 aliphatic heterocycles. The molecule has 4 N–H and O–H groups in total. The van der Waals surface area contributed by atoms with E-state index >= 15 is 0 Å². The summed E-state index contributed by atoms with van der Waals surface area (Å²) in [7, 11) is 0. The maximum absolute atomic E-state index is 11.4. The minimum absolute atomic E-state index is 0.310. The summed E-state index contributed by atoms with van der Waals surface area (Å²) in [6.07, 6.45) is 5.85. The lowest BCUT2D eigenvalue weighted by Crippen LogP contribution is -2.23. The van der Waals surface area contributed by atoms with Gasteiger partial charge < -0.3 is 10.4 Å². The van der Waals surface area contributed by atoms with Gasteiger partial charge in [-0.15, -0.1) is 0 Å². The summed E-state index contributed by atoms with van der Waals surface area (Å²) in [5.41, 5.74) is 1.42. The summed E-state index contributed by atoms with van der Waals surface area (Å²) in [6, 6.07) is 3.39. The predicted octanol–water partition coefficient (Wildman–Crippen LogP) is 1.78. The van der Waals surface area contributed by atoms with Crippen molar-refractivity contribution in [2.24, 2.45) is 5.90 Å². The summed E-state index contributed by atoms with van der Waals surface area (Å²) >= 11 is 0. The molecular weight excluding hydrogens is 220 g/mol. The molecule has 1 aliphatic carbocycles. The van der Waals surface area contributed by atoms with E-state index in [1.807, 2.05) is 13.0 Å². The summed E-state index contributed by atoms with van der Waals surface area (Å²) in [5.74, 6) is 3.86. The van der Waals surface area contributed by atoms with Gasteiger partial charge in [0, 0.05) is 12.0 Å². The fourth-order valence-electron chi connectivity index (χ4n) is 2.41. The molecule has 1 aliphatic rings. The number of aromatic nitrogens is 1. The highest BCUT2D eigenvalue weighted by atomic mass is 16.5. The van der Waals surface area contributed by atoms with Crippen molar-refractivity contribution in [2.75, 3.05) is 0 Å². The number of rotatable bonds is 1. The van der Waals surface area contributed by atoms with Gasteiger partial charge in [-0.3, -0.25) is 4.79 Å². The van der Waals surface area contributed by atoms with E-state index in [1.165, 1.54) is 25.3 Å². The Morgan fingerprint density at radius 1 is 1.24 bits per heavy atom.